The molecular weight excluding hydrogens is 240 g/mol. The molecule has 0 amide bonds. The molecule has 0 bridgehead atoms. The van der Waals surface area contributed by atoms with E-state index in [-0.39, 0.29) is 11.7 Å². The molecule has 0 saturated heterocycles. The van der Waals surface area contributed by atoms with Crippen molar-refractivity contribution in [1.29, 1.82) is 0 Å². The van der Waals surface area contributed by atoms with Crippen LogP contribution in [0.25, 0.3) is 0 Å². The number of hydrogen-bond donors (Lipinski definition) is 2. The van der Waals surface area contributed by atoms with Gasteiger partial charge in [-0.15, -0.1) is 11.3 Å². The predicted octanol–water partition coefficient (Wildman–Crippen LogP) is 2.36. The average Bonchev–Trinajstić information content (AvgIpc) is 2.87. The third-order valence-corrected chi connectivity index (χ3v) is 2.86. The predicted molar refractivity (Wildman–Crippen MR) is 65.0 cm³/mol. The second-order valence-electron chi connectivity index (χ2n) is 3.77. The maximum absolute atomic E-state index is 10.7. The highest BCUT2D eigenvalue weighted by molar-refractivity contribution is 7.14. The summed E-state index contributed by atoms with van der Waals surface area (Å²) < 4.78 is 1.81. The summed E-state index contributed by atoms with van der Waals surface area (Å²) in [5, 5.41) is 18.0. The maximum Gasteiger partial charge on any atom is 0.355 e. The first-order valence-electron chi connectivity index (χ1n) is 5.06. The number of aromatic nitrogens is 3. The number of carbonyl (C=O) groups is 1. The minimum absolute atomic E-state index is 0.0498. The molecule has 6 nitrogen and oxygen atoms in total. The monoisotopic (exact) mass is 252 g/mol. The van der Waals surface area contributed by atoms with Crippen molar-refractivity contribution in [2.45, 2.75) is 19.9 Å². The van der Waals surface area contributed by atoms with Gasteiger partial charge in [-0.05, 0) is 13.8 Å². The van der Waals surface area contributed by atoms with Crippen LogP contribution in [-0.2, 0) is 0 Å². The van der Waals surface area contributed by atoms with E-state index in [0.29, 0.717) is 5.13 Å². The highest BCUT2D eigenvalue weighted by Gasteiger charge is 2.09. The van der Waals surface area contributed by atoms with Gasteiger partial charge in [-0.25, -0.2) is 9.78 Å². The Balaban J connectivity index is 2.11. The van der Waals surface area contributed by atoms with Crippen LogP contribution in [0.5, 0.6) is 0 Å². The van der Waals surface area contributed by atoms with Gasteiger partial charge < -0.3 is 10.4 Å². The largest absolute Gasteiger partial charge is 0.476 e. The van der Waals surface area contributed by atoms with E-state index in [1.165, 1.54) is 16.7 Å². The zero-order valence-corrected chi connectivity index (χ0v) is 10.2. The zero-order chi connectivity index (χ0) is 12.4. The molecule has 0 aliphatic carbocycles. The van der Waals surface area contributed by atoms with Gasteiger partial charge in [-0.2, -0.15) is 5.10 Å². The van der Waals surface area contributed by atoms with Gasteiger partial charge in [0.25, 0.3) is 0 Å². The van der Waals surface area contributed by atoms with E-state index in [2.05, 4.69) is 15.4 Å². The lowest BCUT2D eigenvalue weighted by atomic mass is 10.4. The van der Waals surface area contributed by atoms with Gasteiger partial charge in [-0.3, -0.25) is 4.68 Å². The number of hydrogen-bond acceptors (Lipinski definition) is 5. The Labute approximate surface area is 102 Å². The van der Waals surface area contributed by atoms with E-state index < -0.39 is 5.97 Å². The SMILES string of the molecule is CC(C)n1cc(Nc2nc(C(=O)O)cs2)cn1. The quantitative estimate of drug-likeness (QED) is 0.873. The first-order valence-corrected chi connectivity index (χ1v) is 5.94. The van der Waals surface area contributed by atoms with Crippen LogP contribution in [0.15, 0.2) is 17.8 Å². The Kier molecular flexibility index (Phi) is 3.10. The summed E-state index contributed by atoms with van der Waals surface area (Å²) in [5.74, 6) is -1.02. The van der Waals surface area contributed by atoms with Crippen LogP contribution >= 0.6 is 11.3 Å². The van der Waals surface area contributed by atoms with Gasteiger partial charge in [0.1, 0.15) is 0 Å². The second kappa shape index (κ2) is 4.54. The lowest BCUT2D eigenvalue weighted by Crippen LogP contribution is -2.00. The van der Waals surface area contributed by atoms with Crippen molar-refractivity contribution in [1.82, 2.24) is 14.8 Å². The summed E-state index contributed by atoms with van der Waals surface area (Å²) in [6.45, 7) is 4.06. The van der Waals surface area contributed by atoms with Crippen molar-refractivity contribution in [2.75, 3.05) is 5.32 Å². The first kappa shape index (κ1) is 11.6. The zero-order valence-electron chi connectivity index (χ0n) is 9.41. The van der Waals surface area contributed by atoms with E-state index >= 15 is 0 Å². The van der Waals surface area contributed by atoms with Crippen molar-refractivity contribution in [2.24, 2.45) is 0 Å². The normalized spacial score (nSPS) is 10.8. The molecule has 0 aromatic carbocycles. The molecule has 0 unspecified atom stereocenters. The summed E-state index contributed by atoms with van der Waals surface area (Å²) in [6, 6.07) is 0.288. The molecule has 0 saturated carbocycles. The van der Waals surface area contributed by atoms with Crippen LogP contribution in [0.1, 0.15) is 30.4 Å². The van der Waals surface area contributed by atoms with Crippen LogP contribution in [-0.4, -0.2) is 25.8 Å². The minimum Gasteiger partial charge on any atom is -0.476 e. The van der Waals surface area contributed by atoms with Gasteiger partial charge in [0, 0.05) is 17.6 Å². The molecule has 2 aromatic rings. The van der Waals surface area contributed by atoms with Gasteiger partial charge in [0.15, 0.2) is 10.8 Å². The number of anilines is 2. The lowest BCUT2D eigenvalue weighted by molar-refractivity contribution is 0.0691. The number of carboxylic acids is 1. The molecule has 2 rings (SSSR count). The number of nitrogens with one attached hydrogen (secondary N) is 1. The Morgan fingerprint density at radius 2 is 2.35 bits per heavy atom. The van der Waals surface area contributed by atoms with Crippen molar-refractivity contribution in [3.63, 3.8) is 0 Å². The number of aromatic carboxylic acids is 1. The molecule has 2 aromatic heterocycles. The van der Waals surface area contributed by atoms with Crippen LogP contribution in [0.3, 0.4) is 0 Å². The van der Waals surface area contributed by atoms with E-state index in [9.17, 15) is 4.79 Å². The van der Waals surface area contributed by atoms with Gasteiger partial charge in [0.05, 0.1) is 11.9 Å². The molecule has 2 heterocycles. The molecule has 0 radical (unpaired) electrons. The van der Waals surface area contributed by atoms with Crippen molar-refractivity contribution >= 4 is 28.1 Å². The summed E-state index contributed by atoms with van der Waals surface area (Å²) in [4.78, 5) is 14.6. The van der Waals surface area contributed by atoms with Crippen LogP contribution < -0.4 is 5.32 Å². The van der Waals surface area contributed by atoms with Gasteiger partial charge >= 0.3 is 5.97 Å². The van der Waals surface area contributed by atoms with Crippen LogP contribution in [0.4, 0.5) is 10.8 Å². The average molecular weight is 252 g/mol. The molecule has 0 aliphatic heterocycles. The standard InChI is InChI=1S/C10H12N4O2S/c1-6(2)14-4-7(3-11-14)12-10-13-8(5-17-10)9(15)16/h3-6H,1-2H3,(H,12,13)(H,15,16). The van der Waals surface area contributed by atoms with Crippen molar-refractivity contribution in [3.05, 3.63) is 23.5 Å². The second-order valence-corrected chi connectivity index (χ2v) is 4.63. The van der Waals surface area contributed by atoms with Crippen LogP contribution in [0, 0.1) is 0 Å². The Morgan fingerprint density at radius 3 is 2.88 bits per heavy atom. The molecule has 0 aliphatic rings. The summed E-state index contributed by atoms with van der Waals surface area (Å²) in [5.41, 5.74) is 0.846. The smallest absolute Gasteiger partial charge is 0.355 e. The number of carboxylic acid groups (broad SMARTS) is 1. The molecule has 0 fully saturated rings. The van der Waals surface area contributed by atoms with Crippen LogP contribution in [0.2, 0.25) is 0 Å². The number of rotatable bonds is 4. The van der Waals surface area contributed by atoms with E-state index in [1.807, 2.05) is 24.7 Å². The van der Waals surface area contributed by atoms with E-state index in [4.69, 9.17) is 5.11 Å². The molecule has 2 N–H and O–H groups in total. The summed E-state index contributed by atoms with van der Waals surface area (Å²) in [7, 11) is 0. The minimum atomic E-state index is -1.02. The number of nitrogens with zero attached hydrogens (tertiary/aromatic N) is 3. The summed E-state index contributed by atoms with van der Waals surface area (Å²) in [6.07, 6.45) is 3.54. The maximum atomic E-state index is 10.7. The van der Waals surface area contributed by atoms with Gasteiger partial charge in [-0.1, -0.05) is 0 Å². The Bertz CT molecular complexity index is 532. The number of thiazole rings is 1. The molecule has 90 valence electrons. The highest BCUT2D eigenvalue weighted by Crippen LogP contribution is 2.21. The Hall–Kier alpha value is -1.89. The Morgan fingerprint density at radius 1 is 1.59 bits per heavy atom. The molecule has 17 heavy (non-hydrogen) atoms. The topological polar surface area (TPSA) is 80.0 Å². The van der Waals surface area contributed by atoms with Crippen molar-refractivity contribution in [3.8, 4) is 0 Å². The fourth-order valence-electron chi connectivity index (χ4n) is 1.24. The molecule has 7 heteroatoms. The molecule has 0 atom stereocenters. The molecule has 0 spiro atoms. The third kappa shape index (κ3) is 2.62. The van der Waals surface area contributed by atoms with E-state index in [1.54, 1.807) is 6.20 Å². The third-order valence-electron chi connectivity index (χ3n) is 2.11. The fourth-order valence-corrected chi connectivity index (χ4v) is 1.94. The van der Waals surface area contributed by atoms with Crippen molar-refractivity contribution < 1.29 is 9.90 Å². The van der Waals surface area contributed by atoms with E-state index in [0.717, 1.165) is 5.69 Å². The first-order chi connectivity index (χ1) is 8.06. The lowest BCUT2D eigenvalue weighted by Gasteiger charge is -2.03. The molecular formula is C10H12N4O2S. The van der Waals surface area contributed by atoms with Gasteiger partial charge in [0.2, 0.25) is 0 Å². The summed E-state index contributed by atoms with van der Waals surface area (Å²) >= 11 is 1.25. The fraction of sp³-hybridized carbons (Fsp3) is 0.300. The highest BCUT2D eigenvalue weighted by atomic mass is 32.1.